The van der Waals surface area contributed by atoms with Crippen LogP contribution in [-0.2, 0) is 14.8 Å². The van der Waals surface area contributed by atoms with Crippen molar-refractivity contribution >= 4 is 21.6 Å². The first kappa shape index (κ1) is 21.7. The summed E-state index contributed by atoms with van der Waals surface area (Å²) in [5.74, 6) is -0.347. The summed E-state index contributed by atoms with van der Waals surface area (Å²) in [6.07, 6.45) is 0.977. The lowest BCUT2D eigenvalue weighted by atomic mass is 10.1. The Morgan fingerprint density at radius 2 is 1.89 bits per heavy atom. The molecule has 0 saturated heterocycles. The zero-order chi connectivity index (χ0) is 20.9. The Kier molecular flexibility index (Phi) is 7.01. The van der Waals surface area contributed by atoms with Crippen LogP contribution in [0.2, 0.25) is 0 Å². The third kappa shape index (κ3) is 5.45. The first-order valence-electron chi connectivity index (χ1n) is 8.83. The van der Waals surface area contributed by atoms with Crippen LogP contribution in [0, 0.1) is 19.7 Å². The fourth-order valence-electron chi connectivity index (χ4n) is 2.79. The van der Waals surface area contributed by atoms with Crippen molar-refractivity contribution in [2.45, 2.75) is 26.8 Å². The highest BCUT2D eigenvalue weighted by Crippen LogP contribution is 2.22. The fraction of sp³-hybridized carbons (Fsp3) is 0.350. The molecule has 0 aliphatic carbocycles. The van der Waals surface area contributed by atoms with Crippen molar-refractivity contribution < 1.29 is 22.3 Å². The second-order valence-corrected chi connectivity index (χ2v) is 8.41. The third-order valence-electron chi connectivity index (χ3n) is 4.36. The Balaban J connectivity index is 2.00. The van der Waals surface area contributed by atoms with Gasteiger partial charge in [0.25, 0.3) is 0 Å². The van der Waals surface area contributed by atoms with Crippen LogP contribution in [0.1, 0.15) is 18.1 Å². The van der Waals surface area contributed by atoms with Gasteiger partial charge in [-0.15, -0.1) is 0 Å². The number of hydrogen-bond acceptors (Lipinski definition) is 4. The number of aryl methyl sites for hydroxylation is 1. The number of rotatable bonds is 8. The maximum Gasteiger partial charge on any atom is 0.243 e. The summed E-state index contributed by atoms with van der Waals surface area (Å²) in [4.78, 5) is 12.5. The highest BCUT2D eigenvalue weighted by molar-refractivity contribution is 7.92. The van der Waals surface area contributed by atoms with Crippen LogP contribution in [0.5, 0.6) is 5.75 Å². The molecule has 0 aliphatic heterocycles. The average molecular weight is 408 g/mol. The van der Waals surface area contributed by atoms with Gasteiger partial charge in [0.15, 0.2) is 0 Å². The van der Waals surface area contributed by atoms with Gasteiger partial charge in [0, 0.05) is 0 Å². The monoisotopic (exact) mass is 408 g/mol. The van der Waals surface area contributed by atoms with Crippen molar-refractivity contribution in [3.05, 3.63) is 59.4 Å². The van der Waals surface area contributed by atoms with Crippen LogP contribution in [0.3, 0.4) is 0 Å². The highest BCUT2D eigenvalue weighted by atomic mass is 32.2. The topological polar surface area (TPSA) is 75.7 Å². The zero-order valence-corrected chi connectivity index (χ0v) is 17.2. The van der Waals surface area contributed by atoms with Crippen LogP contribution >= 0.6 is 0 Å². The van der Waals surface area contributed by atoms with Gasteiger partial charge in [-0.1, -0.05) is 18.2 Å². The van der Waals surface area contributed by atoms with E-state index in [0.717, 1.165) is 33.5 Å². The van der Waals surface area contributed by atoms with E-state index >= 15 is 0 Å². The number of sulfonamides is 1. The number of amides is 1. The SMILES string of the molecule is Cc1cccc(OCCNC(=O)[C@@H](C)N(c2cccc(F)c2)S(C)(=O)=O)c1C. The third-order valence-corrected chi connectivity index (χ3v) is 5.61. The summed E-state index contributed by atoms with van der Waals surface area (Å²) < 4.78 is 44.4. The minimum Gasteiger partial charge on any atom is -0.491 e. The van der Waals surface area contributed by atoms with Gasteiger partial charge in [-0.05, 0) is 56.2 Å². The lowest BCUT2D eigenvalue weighted by Crippen LogP contribution is -2.48. The summed E-state index contributed by atoms with van der Waals surface area (Å²) in [6.45, 7) is 5.83. The molecule has 1 amide bonds. The number of benzene rings is 2. The first-order valence-corrected chi connectivity index (χ1v) is 10.7. The van der Waals surface area contributed by atoms with Crippen LogP contribution in [0.15, 0.2) is 42.5 Å². The van der Waals surface area contributed by atoms with Gasteiger partial charge in [0.1, 0.15) is 24.2 Å². The van der Waals surface area contributed by atoms with Crippen LogP contribution in [-0.4, -0.2) is 39.8 Å². The number of ether oxygens (including phenoxy) is 1. The summed E-state index contributed by atoms with van der Waals surface area (Å²) in [5, 5.41) is 2.66. The van der Waals surface area contributed by atoms with Gasteiger partial charge in [0.05, 0.1) is 18.5 Å². The Bertz CT molecular complexity index is 947. The Hall–Kier alpha value is -2.61. The van der Waals surface area contributed by atoms with Crippen molar-refractivity contribution in [3.63, 3.8) is 0 Å². The van der Waals surface area contributed by atoms with E-state index in [1.165, 1.54) is 25.1 Å². The van der Waals surface area contributed by atoms with Crippen molar-refractivity contribution in [1.29, 1.82) is 0 Å². The molecule has 1 atom stereocenters. The van der Waals surface area contributed by atoms with Gasteiger partial charge in [0.2, 0.25) is 15.9 Å². The molecule has 8 heteroatoms. The molecule has 2 aromatic rings. The van der Waals surface area contributed by atoms with E-state index in [1.54, 1.807) is 0 Å². The lowest BCUT2D eigenvalue weighted by Gasteiger charge is -2.28. The largest absolute Gasteiger partial charge is 0.491 e. The fourth-order valence-corrected chi connectivity index (χ4v) is 3.95. The van der Waals surface area contributed by atoms with E-state index in [1.807, 2.05) is 32.0 Å². The summed E-state index contributed by atoms with van der Waals surface area (Å²) in [6, 6.07) is 9.80. The lowest BCUT2D eigenvalue weighted by molar-refractivity contribution is -0.121. The smallest absolute Gasteiger partial charge is 0.243 e. The number of anilines is 1. The molecule has 0 saturated carbocycles. The van der Waals surface area contributed by atoms with Gasteiger partial charge < -0.3 is 10.1 Å². The summed E-state index contributed by atoms with van der Waals surface area (Å²) in [7, 11) is -3.79. The van der Waals surface area contributed by atoms with Gasteiger partial charge in [-0.3, -0.25) is 9.10 Å². The van der Waals surface area contributed by atoms with Gasteiger partial charge in [-0.2, -0.15) is 0 Å². The van der Waals surface area contributed by atoms with Gasteiger partial charge >= 0.3 is 0 Å². The van der Waals surface area contributed by atoms with E-state index in [2.05, 4.69) is 5.32 Å². The number of nitrogens with zero attached hydrogens (tertiary/aromatic N) is 1. The van der Waals surface area contributed by atoms with Crippen LogP contribution in [0.4, 0.5) is 10.1 Å². The van der Waals surface area contributed by atoms with E-state index in [9.17, 15) is 17.6 Å². The number of carbonyl (C=O) groups is 1. The second-order valence-electron chi connectivity index (χ2n) is 6.55. The molecular formula is C20H25FN2O4S. The van der Waals surface area contributed by atoms with E-state index < -0.39 is 27.8 Å². The number of hydrogen-bond donors (Lipinski definition) is 1. The second kappa shape index (κ2) is 9.05. The minimum absolute atomic E-state index is 0.0942. The van der Waals surface area contributed by atoms with Crippen molar-refractivity contribution in [1.82, 2.24) is 5.32 Å². The molecule has 1 N–H and O–H groups in total. The maximum atomic E-state index is 13.5. The van der Waals surface area contributed by atoms with Crippen molar-refractivity contribution in [3.8, 4) is 5.75 Å². The van der Waals surface area contributed by atoms with Crippen molar-refractivity contribution in [2.24, 2.45) is 0 Å². The predicted molar refractivity (Wildman–Crippen MR) is 108 cm³/mol. The predicted octanol–water partition coefficient (Wildman–Crippen LogP) is 2.79. The molecule has 0 unspecified atom stereocenters. The van der Waals surface area contributed by atoms with E-state index in [4.69, 9.17) is 4.74 Å². The molecule has 0 aliphatic rings. The quantitative estimate of drug-likeness (QED) is 0.682. The highest BCUT2D eigenvalue weighted by Gasteiger charge is 2.29. The minimum atomic E-state index is -3.79. The molecule has 2 aromatic carbocycles. The number of nitrogens with one attached hydrogen (secondary N) is 1. The molecule has 6 nitrogen and oxygen atoms in total. The Morgan fingerprint density at radius 1 is 1.21 bits per heavy atom. The molecule has 152 valence electrons. The standard InChI is InChI=1S/C20H25FN2O4S/c1-14-7-5-10-19(15(14)2)27-12-11-22-20(24)16(3)23(28(4,25)26)18-9-6-8-17(21)13-18/h5-10,13,16H,11-12H2,1-4H3,(H,22,24)/t16-/m1/s1. The van der Waals surface area contributed by atoms with E-state index in [0.29, 0.717) is 0 Å². The maximum absolute atomic E-state index is 13.5. The van der Waals surface area contributed by atoms with Gasteiger partial charge in [-0.25, -0.2) is 12.8 Å². The summed E-state index contributed by atoms with van der Waals surface area (Å²) >= 11 is 0. The molecular weight excluding hydrogens is 383 g/mol. The molecule has 0 spiro atoms. The Labute approximate surface area is 165 Å². The normalized spacial score (nSPS) is 12.3. The molecule has 0 fully saturated rings. The van der Waals surface area contributed by atoms with Crippen LogP contribution < -0.4 is 14.4 Å². The molecule has 2 rings (SSSR count). The molecule has 28 heavy (non-hydrogen) atoms. The average Bonchev–Trinajstić information content (AvgIpc) is 2.60. The molecule has 0 aromatic heterocycles. The van der Waals surface area contributed by atoms with E-state index in [-0.39, 0.29) is 18.8 Å². The first-order chi connectivity index (χ1) is 13.1. The number of carbonyl (C=O) groups excluding carboxylic acids is 1. The Morgan fingerprint density at radius 3 is 2.54 bits per heavy atom. The molecule has 0 radical (unpaired) electrons. The number of halogens is 1. The van der Waals surface area contributed by atoms with Crippen LogP contribution in [0.25, 0.3) is 0 Å². The summed E-state index contributed by atoms with van der Waals surface area (Å²) in [5.41, 5.74) is 2.22. The van der Waals surface area contributed by atoms with Crippen molar-refractivity contribution in [2.75, 3.05) is 23.7 Å². The zero-order valence-electron chi connectivity index (χ0n) is 16.4. The molecule has 0 bridgehead atoms. The molecule has 0 heterocycles.